The summed E-state index contributed by atoms with van der Waals surface area (Å²) in [6.07, 6.45) is 9.81. The molecule has 11 rings (SSSR count). The van der Waals surface area contributed by atoms with E-state index >= 15 is 0 Å². The van der Waals surface area contributed by atoms with Crippen LogP contribution in [-0.4, -0.2) is 57.0 Å². The van der Waals surface area contributed by atoms with Crippen molar-refractivity contribution in [2.75, 3.05) is 6.61 Å². The molecule has 344 valence electrons. The van der Waals surface area contributed by atoms with E-state index in [1.165, 1.54) is 43.2 Å². The van der Waals surface area contributed by atoms with Gasteiger partial charge in [-0.25, -0.2) is 37.8 Å². The zero-order chi connectivity index (χ0) is 46.6. The highest BCUT2D eigenvalue weighted by molar-refractivity contribution is 6.35. The number of hydrogen-bond donors (Lipinski definition) is 0. The van der Waals surface area contributed by atoms with Gasteiger partial charge in [0.1, 0.15) is 79.6 Å². The van der Waals surface area contributed by atoms with Gasteiger partial charge >= 0.3 is 0 Å². The third-order valence-corrected chi connectivity index (χ3v) is 12.9. The lowest BCUT2D eigenvalue weighted by molar-refractivity contribution is -0.188. The highest BCUT2D eigenvalue weighted by Crippen LogP contribution is 2.60. The Bertz CT molecular complexity index is 2740. The largest absolute Gasteiger partial charge is 0.354 e. The van der Waals surface area contributed by atoms with Crippen molar-refractivity contribution in [1.82, 2.24) is 44.3 Å². The number of halogens is 6. The number of rotatable bonds is 12. The third kappa shape index (κ3) is 10.2. The Morgan fingerprint density at radius 1 is 0.567 bits per heavy atom. The lowest BCUT2D eigenvalue weighted by Crippen LogP contribution is -2.34. The van der Waals surface area contributed by atoms with Gasteiger partial charge in [-0.05, 0) is 66.1 Å². The highest BCUT2D eigenvalue weighted by atomic mass is 35.5. The Kier molecular flexibility index (Phi) is 13.8. The predicted molar refractivity (Wildman–Crippen MR) is 246 cm³/mol. The molecule has 19 heteroatoms. The smallest absolute Gasteiger partial charge is 0.217 e. The minimum atomic E-state index is -0.962. The first-order valence-electron chi connectivity index (χ1n) is 21.1. The maximum Gasteiger partial charge on any atom is 0.217 e. The number of hydrogen-bond acceptors (Lipinski definition) is 10. The average Bonchev–Trinajstić information content (AvgIpc) is 3.73. The molecule has 6 atom stereocenters. The fourth-order valence-corrected chi connectivity index (χ4v) is 9.22. The van der Waals surface area contributed by atoms with Crippen LogP contribution < -0.4 is 0 Å². The summed E-state index contributed by atoms with van der Waals surface area (Å²) in [6, 6.07) is 33.2. The van der Waals surface area contributed by atoms with Crippen LogP contribution in [0.2, 0.25) is 20.1 Å². The first-order valence-corrected chi connectivity index (χ1v) is 22.6. The summed E-state index contributed by atoms with van der Waals surface area (Å²) in [5.41, 5.74) is 3.12. The normalized spacial score (nSPS) is 23.7. The highest BCUT2D eigenvalue weighted by Gasteiger charge is 2.60. The molecule has 0 bridgehead atoms. The molecule has 5 aromatic carbocycles. The summed E-state index contributed by atoms with van der Waals surface area (Å²) in [7, 11) is 0. The van der Waals surface area contributed by atoms with Gasteiger partial charge in [0, 0.05) is 31.8 Å². The summed E-state index contributed by atoms with van der Waals surface area (Å²) in [5.74, 6) is -1.52. The molecule has 0 N–H and O–H groups in total. The second kappa shape index (κ2) is 19.9. The SMILES string of the molecule is CCC1COC(Cn2cncn2)(c2ccc(Cl)cc2Cl)O1.Fc1ccc([C@@]2(Cn3cncn3)O[C@@H]2c2ccccc2Cl)cc1.Fc1ccc([C@]2(Cn3cncn3)O[C@H]2c2ccccc2Cl)cc1. The molecule has 3 aliphatic rings. The monoisotopic (exact) mass is 985 g/mol. The summed E-state index contributed by atoms with van der Waals surface area (Å²) < 4.78 is 55.9. The van der Waals surface area contributed by atoms with E-state index in [4.69, 9.17) is 65.4 Å². The zero-order valence-electron chi connectivity index (χ0n) is 35.6. The quantitative estimate of drug-likeness (QED) is 0.109. The van der Waals surface area contributed by atoms with Crippen LogP contribution in [0, 0.1) is 11.6 Å². The molecule has 3 saturated heterocycles. The van der Waals surface area contributed by atoms with Crippen molar-refractivity contribution in [2.45, 2.75) is 68.3 Å². The van der Waals surface area contributed by atoms with Crippen LogP contribution >= 0.6 is 46.4 Å². The predicted octanol–water partition coefficient (Wildman–Crippen LogP) is 10.7. The van der Waals surface area contributed by atoms with Crippen molar-refractivity contribution in [2.24, 2.45) is 0 Å². The molecule has 3 aromatic heterocycles. The minimum absolute atomic E-state index is 0.0280. The standard InChI is InChI=1S/2C17H13ClFN3O.C14H15Cl2N3O2/c2*18-15-4-2-1-3-14(15)16-17(23-16,9-22-11-20-10-21-22)12-5-7-13(19)8-6-12;1-2-11-6-20-14(21-11,7-19-9-17-8-18-19)12-4-3-10(15)5-13(12)16/h2*1-8,10-11,16H,9H2;3-5,8-9,11H,2,6-7H2,1H3/t2*16-,17-;/m10./s1. The Labute approximate surface area is 404 Å². The van der Waals surface area contributed by atoms with Crippen molar-refractivity contribution >= 4 is 46.4 Å². The van der Waals surface area contributed by atoms with Gasteiger partial charge in [0.2, 0.25) is 5.79 Å². The summed E-state index contributed by atoms with van der Waals surface area (Å²) in [4.78, 5) is 11.9. The van der Waals surface area contributed by atoms with Crippen molar-refractivity contribution in [3.63, 3.8) is 0 Å². The summed E-state index contributed by atoms with van der Waals surface area (Å²) in [5, 5.41) is 14.8. The Hall–Kier alpha value is -5.62. The van der Waals surface area contributed by atoms with E-state index in [0.717, 1.165) is 34.2 Å². The second-order valence-electron chi connectivity index (χ2n) is 15.9. The topological polar surface area (TPSA) is 136 Å². The minimum Gasteiger partial charge on any atom is -0.354 e. The van der Waals surface area contributed by atoms with Crippen molar-refractivity contribution in [1.29, 1.82) is 0 Å². The van der Waals surface area contributed by atoms with Crippen LogP contribution in [-0.2, 0) is 55.6 Å². The molecule has 0 radical (unpaired) electrons. The van der Waals surface area contributed by atoms with Crippen molar-refractivity contribution in [3.8, 4) is 0 Å². The van der Waals surface area contributed by atoms with Gasteiger partial charge in [-0.2, -0.15) is 15.3 Å². The molecule has 8 aromatic rings. The van der Waals surface area contributed by atoms with Crippen LogP contribution in [0.4, 0.5) is 8.78 Å². The van der Waals surface area contributed by atoms with E-state index in [1.807, 2.05) is 54.6 Å². The molecule has 2 unspecified atom stereocenters. The fraction of sp³-hybridized carbons (Fsp3) is 0.250. The maximum atomic E-state index is 13.3. The van der Waals surface area contributed by atoms with Crippen LogP contribution in [0.15, 0.2) is 153 Å². The van der Waals surface area contributed by atoms with Crippen LogP contribution in [0.1, 0.15) is 53.4 Å². The Morgan fingerprint density at radius 3 is 1.43 bits per heavy atom. The van der Waals surface area contributed by atoms with Crippen LogP contribution in [0.3, 0.4) is 0 Å². The van der Waals surface area contributed by atoms with Gasteiger partial charge in [-0.15, -0.1) is 0 Å². The van der Waals surface area contributed by atoms with E-state index in [1.54, 1.807) is 69.4 Å². The maximum absolute atomic E-state index is 13.3. The lowest BCUT2D eigenvalue weighted by Gasteiger charge is -2.29. The lowest BCUT2D eigenvalue weighted by atomic mass is 9.91. The van der Waals surface area contributed by atoms with Crippen LogP contribution in [0.5, 0.6) is 0 Å². The van der Waals surface area contributed by atoms with E-state index in [2.05, 4.69) is 37.2 Å². The molecule has 67 heavy (non-hydrogen) atoms. The van der Waals surface area contributed by atoms with E-state index in [0.29, 0.717) is 46.3 Å². The Balaban J connectivity index is 0.000000126. The average molecular weight is 988 g/mol. The van der Waals surface area contributed by atoms with Gasteiger partial charge < -0.3 is 18.9 Å². The summed E-state index contributed by atoms with van der Waals surface area (Å²) in [6.45, 7) is 3.92. The molecule has 0 aliphatic carbocycles. The number of aromatic nitrogens is 9. The number of epoxide rings is 2. The molecule has 13 nitrogen and oxygen atoms in total. The fourth-order valence-electron chi connectivity index (χ4n) is 8.19. The first kappa shape index (κ1) is 46.5. The third-order valence-electron chi connectivity index (χ3n) is 11.6. The van der Waals surface area contributed by atoms with Gasteiger partial charge in [0.05, 0.1) is 30.8 Å². The first-order chi connectivity index (χ1) is 32.5. The van der Waals surface area contributed by atoms with Gasteiger partial charge in [0.15, 0.2) is 0 Å². The van der Waals surface area contributed by atoms with Gasteiger partial charge in [-0.1, -0.05) is 120 Å². The molecule has 3 aliphatic heterocycles. The second-order valence-corrected chi connectivity index (χ2v) is 17.6. The molecular formula is C48H41Cl4F2N9O4. The number of nitrogens with zero attached hydrogens (tertiary/aromatic N) is 9. The Morgan fingerprint density at radius 2 is 1.03 bits per heavy atom. The number of ether oxygens (including phenoxy) is 4. The molecule has 3 fully saturated rings. The van der Waals surface area contributed by atoms with Gasteiger partial charge in [0.25, 0.3) is 0 Å². The van der Waals surface area contributed by atoms with Gasteiger partial charge in [-0.3, -0.25) is 0 Å². The summed E-state index contributed by atoms with van der Waals surface area (Å²) >= 11 is 24.9. The van der Waals surface area contributed by atoms with E-state index < -0.39 is 17.0 Å². The van der Waals surface area contributed by atoms with Crippen molar-refractivity contribution < 1.29 is 27.7 Å². The number of benzene rings is 5. The molecular weight excluding hydrogens is 946 g/mol. The van der Waals surface area contributed by atoms with Crippen molar-refractivity contribution in [3.05, 3.63) is 213 Å². The zero-order valence-corrected chi connectivity index (χ0v) is 38.7. The molecule has 0 spiro atoms. The van der Waals surface area contributed by atoms with Crippen LogP contribution in [0.25, 0.3) is 0 Å². The molecule has 0 saturated carbocycles. The van der Waals surface area contributed by atoms with E-state index in [9.17, 15) is 8.78 Å². The van der Waals surface area contributed by atoms with E-state index in [-0.39, 0.29) is 29.9 Å². The molecule has 0 amide bonds. The molecule has 6 heterocycles.